The Morgan fingerprint density at radius 1 is 1.25 bits per heavy atom. The van der Waals surface area contributed by atoms with E-state index in [4.69, 9.17) is 4.74 Å². The van der Waals surface area contributed by atoms with Crippen LogP contribution in [0.15, 0.2) is 35.3 Å². The number of hydrogen-bond acceptors (Lipinski definition) is 3. The summed E-state index contributed by atoms with van der Waals surface area (Å²) in [5.74, 6) is 0. The lowest BCUT2D eigenvalue weighted by Gasteiger charge is -2.55. The maximum Gasteiger partial charge on any atom is 0.411 e. The van der Waals surface area contributed by atoms with Crippen LogP contribution in [0.4, 0.5) is 9.18 Å². The summed E-state index contributed by atoms with van der Waals surface area (Å²) in [7, 11) is 0. The Morgan fingerprint density at radius 3 is 2.39 bits per heavy atom. The fraction of sp³-hybridized carbons (Fsp3) is 0.652. The van der Waals surface area contributed by atoms with Crippen molar-refractivity contribution in [3.63, 3.8) is 0 Å². The highest BCUT2D eigenvalue weighted by atomic mass is 19.1. The number of aliphatic imine (C=N–C) groups is 1. The molecule has 1 aliphatic rings. The third kappa shape index (κ3) is 4.92. The summed E-state index contributed by atoms with van der Waals surface area (Å²) < 4.78 is 21.4. The lowest BCUT2D eigenvalue weighted by Crippen LogP contribution is -2.70. The van der Waals surface area contributed by atoms with Crippen molar-refractivity contribution in [2.45, 2.75) is 97.1 Å². The van der Waals surface area contributed by atoms with Crippen molar-refractivity contribution in [3.8, 4) is 0 Å². The third-order valence-corrected chi connectivity index (χ3v) is 5.21. The molecule has 0 bridgehead atoms. The van der Waals surface area contributed by atoms with Crippen LogP contribution in [0.3, 0.4) is 0 Å². The monoisotopic (exact) mass is 390 g/mol. The molecule has 2 rings (SSSR count). The molecule has 4 nitrogen and oxygen atoms in total. The predicted octanol–water partition coefficient (Wildman–Crippen LogP) is 5.94. The molecule has 0 radical (unpaired) electrons. The van der Waals surface area contributed by atoms with E-state index < -0.39 is 28.9 Å². The predicted molar refractivity (Wildman–Crippen MR) is 113 cm³/mol. The van der Waals surface area contributed by atoms with Crippen LogP contribution in [-0.2, 0) is 11.3 Å². The number of carbonyl (C=O) groups excluding carboxylic acids is 1. The van der Waals surface area contributed by atoms with Crippen LogP contribution in [0.5, 0.6) is 0 Å². The zero-order valence-corrected chi connectivity index (χ0v) is 18.4. The van der Waals surface area contributed by atoms with Gasteiger partial charge in [-0.05, 0) is 53.5 Å². The van der Waals surface area contributed by atoms with Crippen molar-refractivity contribution in [3.05, 3.63) is 35.9 Å². The second-order valence-corrected chi connectivity index (χ2v) is 9.57. The molecule has 0 unspecified atom stereocenters. The first-order valence-electron chi connectivity index (χ1n) is 10.2. The maximum atomic E-state index is 15.8. The molecule has 1 amide bonds. The molecule has 156 valence electrons. The Morgan fingerprint density at radius 2 is 1.86 bits per heavy atom. The molecule has 1 heterocycles. The molecule has 0 N–H and O–H groups in total. The van der Waals surface area contributed by atoms with E-state index >= 15 is 4.39 Å². The Bertz CT molecular complexity index is 709. The number of amides is 1. The normalized spacial score (nSPS) is 26.4. The van der Waals surface area contributed by atoms with Gasteiger partial charge in [-0.1, -0.05) is 43.7 Å². The van der Waals surface area contributed by atoms with E-state index in [-0.39, 0.29) is 0 Å². The quantitative estimate of drug-likeness (QED) is 0.638. The topological polar surface area (TPSA) is 41.9 Å². The van der Waals surface area contributed by atoms with Crippen molar-refractivity contribution in [2.24, 2.45) is 4.99 Å². The molecular weight excluding hydrogens is 355 g/mol. The van der Waals surface area contributed by atoms with Gasteiger partial charge in [0, 0.05) is 12.0 Å². The second-order valence-electron chi connectivity index (χ2n) is 9.57. The van der Waals surface area contributed by atoms with Gasteiger partial charge in [0.15, 0.2) is 6.17 Å². The van der Waals surface area contributed by atoms with Gasteiger partial charge in [-0.2, -0.15) is 0 Å². The zero-order valence-electron chi connectivity index (χ0n) is 18.4. The van der Waals surface area contributed by atoms with Gasteiger partial charge in [-0.15, -0.1) is 0 Å². The van der Waals surface area contributed by atoms with E-state index in [9.17, 15) is 4.79 Å². The molecule has 1 fully saturated rings. The molecule has 1 saturated heterocycles. The Labute approximate surface area is 169 Å². The fourth-order valence-electron chi connectivity index (χ4n) is 4.20. The van der Waals surface area contributed by atoms with Gasteiger partial charge in [-0.3, -0.25) is 9.89 Å². The Hall–Kier alpha value is -1.91. The summed E-state index contributed by atoms with van der Waals surface area (Å²) in [5.41, 5.74) is -0.636. The van der Waals surface area contributed by atoms with Gasteiger partial charge in [0.05, 0.1) is 17.8 Å². The summed E-state index contributed by atoms with van der Waals surface area (Å²) >= 11 is 0. The van der Waals surface area contributed by atoms with Crippen molar-refractivity contribution in [2.75, 3.05) is 0 Å². The lowest BCUT2D eigenvalue weighted by molar-refractivity contribution is -0.0610. The number of piperidine rings is 1. The number of ether oxygens (including phenoxy) is 1. The number of carbonyl (C=O) groups is 1. The summed E-state index contributed by atoms with van der Waals surface area (Å²) in [6.45, 7) is 13.7. The average molecular weight is 391 g/mol. The van der Waals surface area contributed by atoms with Gasteiger partial charge in [0.25, 0.3) is 0 Å². The van der Waals surface area contributed by atoms with E-state index in [2.05, 4.69) is 4.99 Å². The molecule has 2 atom stereocenters. The summed E-state index contributed by atoms with van der Waals surface area (Å²) in [4.78, 5) is 19.3. The highest BCUT2D eigenvalue weighted by Gasteiger charge is 2.56. The number of hydrogen-bond donors (Lipinski definition) is 0. The first kappa shape index (κ1) is 22.4. The molecule has 0 saturated carbocycles. The van der Waals surface area contributed by atoms with Crippen LogP contribution < -0.4 is 0 Å². The van der Waals surface area contributed by atoms with Gasteiger partial charge in [0.2, 0.25) is 0 Å². The SMILES string of the molecule is CCC[C@@]1(C)[C@H](F)/C(=N\Cc2ccccc2)CC(C)(C)N1C(=O)OC(C)(C)C. The standard InChI is InChI=1S/C23H35FN2O2/c1-8-14-23(7)19(24)18(25-16-17-12-10-9-11-13-17)15-22(5,6)26(23)20(27)28-21(2,3)4/h9-13,19H,8,14-16H2,1-7H3/b25-18-/t19-,23+/m1/s1. The number of alkyl halides is 1. The second kappa shape index (κ2) is 8.22. The van der Waals surface area contributed by atoms with Crippen molar-refractivity contribution in [1.29, 1.82) is 0 Å². The van der Waals surface area contributed by atoms with Gasteiger partial charge < -0.3 is 4.74 Å². The van der Waals surface area contributed by atoms with Crippen LogP contribution in [0.25, 0.3) is 0 Å². The van der Waals surface area contributed by atoms with Gasteiger partial charge in [-0.25, -0.2) is 9.18 Å². The molecule has 1 aromatic rings. The number of nitrogens with zero attached hydrogens (tertiary/aromatic N) is 2. The van der Waals surface area contributed by atoms with Crippen LogP contribution in [0.2, 0.25) is 0 Å². The number of likely N-dealkylation sites (tertiary alicyclic amines) is 1. The molecule has 1 aromatic carbocycles. The first-order chi connectivity index (χ1) is 12.9. The molecule has 5 heteroatoms. The highest BCUT2D eigenvalue weighted by molar-refractivity contribution is 5.93. The zero-order chi connectivity index (χ0) is 21.2. The smallest absolute Gasteiger partial charge is 0.411 e. The molecule has 0 aromatic heterocycles. The minimum Gasteiger partial charge on any atom is -0.444 e. The van der Waals surface area contributed by atoms with Crippen molar-refractivity contribution >= 4 is 11.8 Å². The van der Waals surface area contributed by atoms with Crippen LogP contribution in [0, 0.1) is 0 Å². The summed E-state index contributed by atoms with van der Waals surface area (Å²) in [6, 6.07) is 9.85. The van der Waals surface area contributed by atoms with E-state index in [1.165, 1.54) is 0 Å². The minimum atomic E-state index is -1.32. The van der Waals surface area contributed by atoms with Crippen molar-refractivity contribution < 1.29 is 13.9 Å². The Kier molecular flexibility index (Phi) is 6.57. The molecular formula is C23H35FN2O2. The fourth-order valence-corrected chi connectivity index (χ4v) is 4.20. The lowest BCUT2D eigenvalue weighted by atomic mass is 9.74. The summed E-state index contributed by atoms with van der Waals surface area (Å²) in [5, 5.41) is 0. The van der Waals surface area contributed by atoms with E-state index in [0.29, 0.717) is 25.1 Å². The molecule has 28 heavy (non-hydrogen) atoms. The highest BCUT2D eigenvalue weighted by Crippen LogP contribution is 2.42. The molecule has 0 spiro atoms. The van der Waals surface area contributed by atoms with E-state index in [0.717, 1.165) is 12.0 Å². The van der Waals surface area contributed by atoms with Gasteiger partial charge in [0.1, 0.15) is 5.60 Å². The number of benzene rings is 1. The van der Waals surface area contributed by atoms with E-state index in [1.807, 2.05) is 78.8 Å². The largest absolute Gasteiger partial charge is 0.444 e. The number of halogens is 1. The van der Waals surface area contributed by atoms with Crippen molar-refractivity contribution in [1.82, 2.24) is 4.90 Å². The average Bonchev–Trinajstić information content (AvgIpc) is 2.56. The summed E-state index contributed by atoms with van der Waals surface area (Å²) in [6.07, 6.45) is -0.0890. The number of rotatable bonds is 4. The van der Waals surface area contributed by atoms with Crippen LogP contribution in [0.1, 0.15) is 73.3 Å². The maximum absolute atomic E-state index is 15.8. The molecule has 1 aliphatic heterocycles. The third-order valence-electron chi connectivity index (χ3n) is 5.21. The van der Waals surface area contributed by atoms with Gasteiger partial charge >= 0.3 is 6.09 Å². The van der Waals surface area contributed by atoms with Crippen LogP contribution >= 0.6 is 0 Å². The Balaban J connectivity index is 2.39. The minimum absolute atomic E-state index is 0.388. The van der Waals surface area contributed by atoms with E-state index in [1.54, 1.807) is 4.90 Å². The first-order valence-corrected chi connectivity index (χ1v) is 10.2. The van der Waals surface area contributed by atoms with Crippen LogP contribution in [-0.4, -0.2) is 39.6 Å². The molecule has 0 aliphatic carbocycles.